The largest absolute Gasteiger partial charge is 0.493 e. The molecule has 1 atom stereocenters. The second-order valence-corrected chi connectivity index (χ2v) is 6.69. The van der Waals surface area contributed by atoms with Gasteiger partial charge in [0.25, 0.3) is 0 Å². The number of carbonyl (C=O) groups is 1. The van der Waals surface area contributed by atoms with E-state index in [4.69, 9.17) is 4.74 Å². The zero-order chi connectivity index (χ0) is 12.7. The molecule has 1 amide bonds. The van der Waals surface area contributed by atoms with Crippen LogP contribution in [0.3, 0.4) is 0 Å². The number of nitrogens with zero attached hydrogens (tertiary/aromatic N) is 1. The first-order chi connectivity index (χ1) is 8.65. The molecule has 1 saturated heterocycles. The van der Waals surface area contributed by atoms with Crippen LogP contribution in [0.15, 0.2) is 16.6 Å². The fourth-order valence-corrected chi connectivity index (χ4v) is 3.57. The normalized spacial score (nSPS) is 22.2. The van der Waals surface area contributed by atoms with Gasteiger partial charge in [-0.3, -0.25) is 4.79 Å². The maximum Gasteiger partial charge on any atom is 0.236 e. The first kappa shape index (κ1) is 12.5. The molecule has 1 aromatic carbocycles. The predicted octanol–water partition coefficient (Wildman–Crippen LogP) is 2.88. The number of fused-ring (bicyclic) bond motifs is 1. The van der Waals surface area contributed by atoms with Crippen LogP contribution in [-0.2, 0) is 17.8 Å². The summed E-state index contributed by atoms with van der Waals surface area (Å²) in [6, 6.07) is 4.16. The highest BCUT2D eigenvalue weighted by Crippen LogP contribution is 2.34. The lowest BCUT2D eigenvalue weighted by molar-refractivity contribution is -0.127. The fourth-order valence-electron chi connectivity index (χ4n) is 2.53. The molecule has 0 spiro atoms. The number of benzene rings is 1. The van der Waals surface area contributed by atoms with Crippen molar-refractivity contribution in [3.63, 3.8) is 0 Å². The molecule has 1 aromatic rings. The molecule has 1 fully saturated rings. The Hall–Kier alpha value is -0.550. The number of ether oxygens (including phenoxy) is 1. The molecule has 0 aliphatic carbocycles. The van der Waals surface area contributed by atoms with Crippen molar-refractivity contribution in [1.29, 1.82) is 0 Å². The monoisotopic (exact) mass is 373 g/mol. The lowest BCUT2D eigenvalue weighted by atomic mass is 10.1. The number of halogens is 2. The van der Waals surface area contributed by atoms with E-state index >= 15 is 0 Å². The third-order valence-corrected chi connectivity index (χ3v) is 4.73. The number of amides is 1. The van der Waals surface area contributed by atoms with Crippen molar-refractivity contribution in [2.45, 2.75) is 24.2 Å². The van der Waals surface area contributed by atoms with Crippen LogP contribution in [0.5, 0.6) is 5.75 Å². The van der Waals surface area contributed by atoms with Crippen LogP contribution in [-0.4, -0.2) is 28.8 Å². The van der Waals surface area contributed by atoms with Crippen LogP contribution >= 0.6 is 31.9 Å². The fraction of sp³-hybridized carbons (Fsp3) is 0.462. The van der Waals surface area contributed by atoms with Gasteiger partial charge >= 0.3 is 0 Å². The van der Waals surface area contributed by atoms with Crippen molar-refractivity contribution in [3.05, 3.63) is 27.7 Å². The summed E-state index contributed by atoms with van der Waals surface area (Å²) in [6.07, 6.45) is 1.84. The minimum atomic E-state index is -0.0152. The zero-order valence-electron chi connectivity index (χ0n) is 9.79. The molecular formula is C13H13Br2NO2. The molecule has 0 N–H and O–H groups in total. The molecule has 2 heterocycles. The summed E-state index contributed by atoms with van der Waals surface area (Å²) >= 11 is 6.93. The number of hydrogen-bond acceptors (Lipinski definition) is 2. The Morgan fingerprint density at radius 3 is 3.00 bits per heavy atom. The topological polar surface area (TPSA) is 29.5 Å². The van der Waals surface area contributed by atoms with Gasteiger partial charge in [0.15, 0.2) is 0 Å². The van der Waals surface area contributed by atoms with Gasteiger partial charge in [-0.25, -0.2) is 0 Å². The highest BCUT2D eigenvalue weighted by Gasteiger charge is 2.30. The highest BCUT2D eigenvalue weighted by atomic mass is 79.9. The van der Waals surface area contributed by atoms with E-state index < -0.39 is 0 Å². The number of likely N-dealkylation sites (tertiary alicyclic amines) is 1. The summed E-state index contributed by atoms with van der Waals surface area (Å²) in [5.41, 5.74) is 2.34. The van der Waals surface area contributed by atoms with Gasteiger partial charge in [-0.05, 0) is 24.1 Å². The molecule has 2 aliphatic rings. The first-order valence-electron chi connectivity index (χ1n) is 6.02. The van der Waals surface area contributed by atoms with Crippen LogP contribution in [0.1, 0.15) is 17.5 Å². The Kier molecular flexibility index (Phi) is 3.36. The maximum atomic E-state index is 11.9. The summed E-state index contributed by atoms with van der Waals surface area (Å²) in [4.78, 5) is 13.8. The molecular weight excluding hydrogens is 362 g/mol. The lowest BCUT2D eigenvalue weighted by Gasteiger charge is -2.18. The van der Waals surface area contributed by atoms with Gasteiger partial charge in [0.05, 0.1) is 11.4 Å². The number of hydrogen-bond donors (Lipinski definition) is 0. The van der Waals surface area contributed by atoms with Gasteiger partial charge in [0.2, 0.25) is 5.91 Å². The SMILES string of the molecule is O=C1C(Br)CCN1Cc1cc(Br)cc2c1OCC2. The van der Waals surface area contributed by atoms with Crippen molar-refractivity contribution < 1.29 is 9.53 Å². The molecule has 0 aromatic heterocycles. The molecule has 0 radical (unpaired) electrons. The smallest absolute Gasteiger partial charge is 0.236 e. The molecule has 0 bridgehead atoms. The van der Waals surface area contributed by atoms with Crippen molar-refractivity contribution >= 4 is 37.8 Å². The second kappa shape index (κ2) is 4.85. The average Bonchev–Trinajstić information content (AvgIpc) is 2.90. The Morgan fingerprint density at radius 1 is 1.44 bits per heavy atom. The molecule has 18 heavy (non-hydrogen) atoms. The summed E-state index contributed by atoms with van der Waals surface area (Å²) in [6.45, 7) is 2.20. The van der Waals surface area contributed by atoms with Gasteiger partial charge < -0.3 is 9.64 Å². The number of alkyl halides is 1. The lowest BCUT2D eigenvalue weighted by Crippen LogP contribution is -2.27. The maximum absolute atomic E-state index is 11.9. The van der Waals surface area contributed by atoms with Gasteiger partial charge in [0.1, 0.15) is 5.75 Å². The predicted molar refractivity (Wildman–Crippen MR) is 76.1 cm³/mol. The quantitative estimate of drug-likeness (QED) is 0.745. The summed E-state index contributed by atoms with van der Waals surface area (Å²) in [7, 11) is 0. The van der Waals surface area contributed by atoms with E-state index in [9.17, 15) is 4.79 Å². The Bertz CT molecular complexity index is 504. The van der Waals surface area contributed by atoms with E-state index in [1.165, 1.54) is 5.56 Å². The van der Waals surface area contributed by atoms with Crippen molar-refractivity contribution in [3.8, 4) is 5.75 Å². The van der Waals surface area contributed by atoms with E-state index in [0.29, 0.717) is 6.54 Å². The molecule has 96 valence electrons. The standard InChI is InChI=1S/C13H13Br2NO2/c14-10-5-8-2-4-18-12(8)9(6-10)7-16-3-1-11(15)13(16)17/h5-6,11H,1-4,7H2. The van der Waals surface area contributed by atoms with Crippen LogP contribution in [0.25, 0.3) is 0 Å². The van der Waals surface area contributed by atoms with Crippen LogP contribution in [0, 0.1) is 0 Å². The van der Waals surface area contributed by atoms with Gasteiger partial charge in [-0.15, -0.1) is 0 Å². The van der Waals surface area contributed by atoms with E-state index in [1.807, 2.05) is 4.90 Å². The van der Waals surface area contributed by atoms with Crippen molar-refractivity contribution in [1.82, 2.24) is 4.90 Å². The minimum Gasteiger partial charge on any atom is -0.493 e. The zero-order valence-corrected chi connectivity index (χ0v) is 13.0. The van der Waals surface area contributed by atoms with Crippen molar-refractivity contribution in [2.75, 3.05) is 13.2 Å². The van der Waals surface area contributed by atoms with Crippen molar-refractivity contribution in [2.24, 2.45) is 0 Å². The second-order valence-electron chi connectivity index (χ2n) is 4.67. The highest BCUT2D eigenvalue weighted by molar-refractivity contribution is 9.10. The van der Waals surface area contributed by atoms with Crippen LogP contribution in [0.2, 0.25) is 0 Å². The Labute approximate surface area is 123 Å². The van der Waals surface area contributed by atoms with Gasteiger partial charge in [-0.2, -0.15) is 0 Å². The van der Waals surface area contributed by atoms with E-state index in [-0.39, 0.29) is 10.7 Å². The summed E-state index contributed by atoms with van der Waals surface area (Å²) in [5.74, 6) is 1.16. The van der Waals surface area contributed by atoms with E-state index in [0.717, 1.165) is 41.8 Å². The molecule has 2 aliphatic heterocycles. The summed E-state index contributed by atoms with van der Waals surface area (Å²) in [5, 5.41) is 0. The van der Waals surface area contributed by atoms with Gasteiger partial charge in [-0.1, -0.05) is 31.9 Å². The van der Waals surface area contributed by atoms with E-state index in [2.05, 4.69) is 44.0 Å². The first-order valence-corrected chi connectivity index (χ1v) is 7.73. The average molecular weight is 375 g/mol. The Morgan fingerprint density at radius 2 is 2.28 bits per heavy atom. The molecule has 1 unspecified atom stereocenters. The third kappa shape index (κ3) is 2.18. The van der Waals surface area contributed by atoms with Gasteiger partial charge in [0, 0.05) is 29.5 Å². The Balaban J connectivity index is 1.87. The molecule has 5 heteroatoms. The molecule has 3 nitrogen and oxygen atoms in total. The number of carbonyl (C=O) groups excluding carboxylic acids is 1. The third-order valence-electron chi connectivity index (χ3n) is 3.42. The van der Waals surface area contributed by atoms with E-state index in [1.54, 1.807) is 0 Å². The summed E-state index contributed by atoms with van der Waals surface area (Å²) < 4.78 is 6.75. The van der Waals surface area contributed by atoms with Crippen LogP contribution < -0.4 is 4.74 Å². The minimum absolute atomic E-state index is 0.0152. The molecule has 0 saturated carbocycles. The van der Waals surface area contributed by atoms with Crippen LogP contribution in [0.4, 0.5) is 0 Å². The number of rotatable bonds is 2. The molecule has 3 rings (SSSR count).